The predicted octanol–water partition coefficient (Wildman–Crippen LogP) is 5.04. The summed E-state index contributed by atoms with van der Waals surface area (Å²) in [5.74, 6) is 1.13. The van der Waals surface area contributed by atoms with Gasteiger partial charge in [0.2, 0.25) is 5.95 Å². The molecule has 0 aliphatic rings. The summed E-state index contributed by atoms with van der Waals surface area (Å²) in [5.41, 5.74) is 5.38. The zero-order valence-corrected chi connectivity index (χ0v) is 19.4. The van der Waals surface area contributed by atoms with Crippen LogP contribution in [-0.4, -0.2) is 30.4 Å². The number of imidazole rings is 1. The lowest BCUT2D eigenvalue weighted by atomic mass is 9.86. The van der Waals surface area contributed by atoms with E-state index in [-0.39, 0.29) is 11.3 Å². The van der Waals surface area contributed by atoms with Gasteiger partial charge in [-0.2, -0.15) is 0 Å². The quantitative estimate of drug-likeness (QED) is 0.393. The molecule has 0 fully saturated rings. The first-order valence-corrected chi connectivity index (χ1v) is 11.2. The number of fused-ring (bicyclic) bond motifs is 1. The summed E-state index contributed by atoms with van der Waals surface area (Å²) in [6.07, 6.45) is 5.30. The lowest BCUT2D eigenvalue weighted by Gasteiger charge is -2.19. The van der Waals surface area contributed by atoms with Crippen molar-refractivity contribution >= 4 is 16.9 Å². The first-order valence-electron chi connectivity index (χ1n) is 11.2. The smallest absolute Gasteiger partial charge is 0.251 e. The zero-order chi connectivity index (χ0) is 23.7. The standard InChI is InChI=1S/C27H26N6O/c1-27(2,3)20-8-4-7-18(15-20)17-30-25(34)19-10-11-21-22(16-19)32-24(31-21)23-9-5-14-33(23)26-28-12-6-13-29-26/h4-16H,17H2,1-3H3,(H,30,34)(H,31,32). The molecule has 0 unspecified atom stereocenters. The maximum Gasteiger partial charge on any atom is 0.251 e. The van der Waals surface area contributed by atoms with Crippen LogP contribution in [-0.2, 0) is 12.0 Å². The van der Waals surface area contributed by atoms with E-state index in [2.05, 4.69) is 53.2 Å². The number of nitrogens with one attached hydrogen (secondary N) is 2. The second-order valence-corrected chi connectivity index (χ2v) is 9.26. The molecule has 5 rings (SSSR count). The molecule has 2 aromatic carbocycles. The maximum atomic E-state index is 12.9. The van der Waals surface area contributed by atoms with Crippen LogP contribution in [0, 0.1) is 0 Å². The van der Waals surface area contributed by atoms with E-state index >= 15 is 0 Å². The Labute approximate surface area is 197 Å². The van der Waals surface area contributed by atoms with Gasteiger partial charge in [0.05, 0.1) is 16.7 Å². The number of carbonyl (C=O) groups is 1. The van der Waals surface area contributed by atoms with E-state index in [1.54, 1.807) is 24.5 Å². The maximum absolute atomic E-state index is 12.9. The van der Waals surface area contributed by atoms with Crippen LogP contribution in [0.1, 0.15) is 42.3 Å². The lowest BCUT2D eigenvalue weighted by molar-refractivity contribution is 0.0951. The molecule has 0 saturated heterocycles. The van der Waals surface area contributed by atoms with Gasteiger partial charge in [-0.25, -0.2) is 15.0 Å². The number of amides is 1. The van der Waals surface area contributed by atoms with Gasteiger partial charge in [-0.05, 0) is 52.9 Å². The Hall–Kier alpha value is -4.26. The number of hydrogen-bond donors (Lipinski definition) is 2. The molecule has 0 atom stereocenters. The Balaban J connectivity index is 1.36. The van der Waals surface area contributed by atoms with Crippen LogP contribution < -0.4 is 5.32 Å². The summed E-state index contributed by atoms with van der Waals surface area (Å²) in [5, 5.41) is 3.03. The van der Waals surface area contributed by atoms with Crippen LogP contribution in [0.3, 0.4) is 0 Å². The van der Waals surface area contributed by atoms with Gasteiger partial charge in [-0.3, -0.25) is 9.36 Å². The average Bonchev–Trinajstić information content (AvgIpc) is 3.49. The minimum absolute atomic E-state index is 0.0654. The van der Waals surface area contributed by atoms with Crippen molar-refractivity contribution < 1.29 is 4.79 Å². The third kappa shape index (κ3) is 4.32. The van der Waals surface area contributed by atoms with Crippen LogP contribution in [0.15, 0.2) is 79.3 Å². The van der Waals surface area contributed by atoms with Gasteiger partial charge in [-0.15, -0.1) is 0 Å². The van der Waals surface area contributed by atoms with Crippen LogP contribution in [0.4, 0.5) is 0 Å². The highest BCUT2D eigenvalue weighted by Crippen LogP contribution is 2.24. The summed E-state index contributed by atoms with van der Waals surface area (Å²) >= 11 is 0. The van der Waals surface area contributed by atoms with Crippen molar-refractivity contribution in [2.45, 2.75) is 32.7 Å². The zero-order valence-electron chi connectivity index (χ0n) is 19.4. The van der Waals surface area contributed by atoms with Gasteiger partial charge in [0.15, 0.2) is 5.82 Å². The molecule has 0 aliphatic heterocycles. The van der Waals surface area contributed by atoms with Crippen LogP contribution in [0.2, 0.25) is 0 Å². The van der Waals surface area contributed by atoms with Gasteiger partial charge in [-0.1, -0.05) is 45.0 Å². The fourth-order valence-corrected chi connectivity index (χ4v) is 3.87. The summed E-state index contributed by atoms with van der Waals surface area (Å²) in [4.78, 5) is 29.5. The molecule has 34 heavy (non-hydrogen) atoms. The average molecular weight is 451 g/mol. The van der Waals surface area contributed by atoms with Gasteiger partial charge < -0.3 is 10.3 Å². The number of aromatic amines is 1. The SMILES string of the molecule is CC(C)(C)c1cccc(CNC(=O)c2ccc3nc(-c4cccn4-c4ncccn4)[nH]c3c2)c1. The number of aromatic nitrogens is 5. The van der Waals surface area contributed by atoms with E-state index in [0.29, 0.717) is 23.9 Å². The topological polar surface area (TPSA) is 88.5 Å². The molecule has 3 aromatic heterocycles. The Bertz CT molecular complexity index is 1460. The Morgan fingerprint density at radius 1 is 1.00 bits per heavy atom. The second-order valence-electron chi connectivity index (χ2n) is 9.26. The molecule has 0 radical (unpaired) electrons. The summed E-state index contributed by atoms with van der Waals surface area (Å²) in [6, 6.07) is 19.5. The number of hydrogen-bond acceptors (Lipinski definition) is 4. The third-order valence-electron chi connectivity index (χ3n) is 5.75. The second kappa shape index (κ2) is 8.59. The molecular weight excluding hydrogens is 424 g/mol. The van der Waals surface area contributed by atoms with Crippen molar-refractivity contribution in [1.82, 2.24) is 29.8 Å². The summed E-state index contributed by atoms with van der Waals surface area (Å²) in [6.45, 7) is 7.02. The summed E-state index contributed by atoms with van der Waals surface area (Å²) in [7, 11) is 0. The van der Waals surface area contributed by atoms with Crippen molar-refractivity contribution in [2.75, 3.05) is 0 Å². The Kier molecular flexibility index (Phi) is 5.45. The monoisotopic (exact) mass is 450 g/mol. The molecule has 2 N–H and O–H groups in total. The molecule has 3 heterocycles. The highest BCUT2D eigenvalue weighted by Gasteiger charge is 2.15. The van der Waals surface area contributed by atoms with Crippen LogP contribution >= 0.6 is 0 Å². The molecule has 0 aliphatic carbocycles. The Morgan fingerprint density at radius 3 is 2.62 bits per heavy atom. The molecule has 5 aromatic rings. The molecule has 0 bridgehead atoms. The number of nitrogens with zero attached hydrogens (tertiary/aromatic N) is 4. The predicted molar refractivity (Wildman–Crippen MR) is 133 cm³/mol. The van der Waals surface area contributed by atoms with E-state index in [9.17, 15) is 4.79 Å². The fraction of sp³-hybridized carbons (Fsp3) is 0.185. The molecule has 0 spiro atoms. The molecule has 0 saturated carbocycles. The number of carbonyl (C=O) groups excluding carboxylic acids is 1. The van der Waals surface area contributed by atoms with Crippen LogP contribution in [0.25, 0.3) is 28.5 Å². The molecule has 7 nitrogen and oxygen atoms in total. The lowest BCUT2D eigenvalue weighted by Crippen LogP contribution is -2.23. The van der Waals surface area contributed by atoms with Gasteiger partial charge in [0, 0.05) is 30.7 Å². The minimum atomic E-state index is -0.125. The highest BCUT2D eigenvalue weighted by atomic mass is 16.1. The van der Waals surface area contributed by atoms with Crippen molar-refractivity contribution in [1.29, 1.82) is 0 Å². The van der Waals surface area contributed by atoms with Gasteiger partial charge in [0.25, 0.3) is 5.91 Å². The highest BCUT2D eigenvalue weighted by molar-refractivity contribution is 5.97. The van der Waals surface area contributed by atoms with Crippen molar-refractivity contribution in [3.8, 4) is 17.5 Å². The first-order chi connectivity index (χ1) is 16.4. The fourth-order valence-electron chi connectivity index (χ4n) is 3.87. The van der Waals surface area contributed by atoms with E-state index < -0.39 is 0 Å². The van der Waals surface area contributed by atoms with E-state index in [1.807, 2.05) is 47.2 Å². The Morgan fingerprint density at radius 2 is 1.82 bits per heavy atom. The van der Waals surface area contributed by atoms with Crippen LogP contribution in [0.5, 0.6) is 0 Å². The van der Waals surface area contributed by atoms with Crippen molar-refractivity contribution in [3.05, 3.63) is 95.9 Å². The van der Waals surface area contributed by atoms with Gasteiger partial charge >= 0.3 is 0 Å². The third-order valence-corrected chi connectivity index (χ3v) is 5.75. The normalized spacial score (nSPS) is 11.6. The molecular formula is C27H26N6O. The van der Waals surface area contributed by atoms with E-state index in [0.717, 1.165) is 22.3 Å². The van der Waals surface area contributed by atoms with E-state index in [4.69, 9.17) is 4.98 Å². The number of rotatable bonds is 5. The molecule has 1 amide bonds. The van der Waals surface area contributed by atoms with Crippen molar-refractivity contribution in [2.24, 2.45) is 0 Å². The van der Waals surface area contributed by atoms with E-state index in [1.165, 1.54) is 5.56 Å². The molecule has 7 heteroatoms. The largest absolute Gasteiger partial charge is 0.348 e. The summed E-state index contributed by atoms with van der Waals surface area (Å²) < 4.78 is 1.87. The van der Waals surface area contributed by atoms with Gasteiger partial charge in [0.1, 0.15) is 0 Å². The number of H-pyrrole nitrogens is 1. The molecule has 170 valence electrons. The number of benzene rings is 2. The first kappa shape index (κ1) is 21.6. The van der Waals surface area contributed by atoms with Crippen molar-refractivity contribution in [3.63, 3.8) is 0 Å². The minimum Gasteiger partial charge on any atom is -0.348 e.